The first-order chi connectivity index (χ1) is 13.2. The van der Waals surface area contributed by atoms with Crippen molar-refractivity contribution in [2.24, 2.45) is 5.92 Å². The van der Waals surface area contributed by atoms with Crippen LogP contribution in [-0.2, 0) is 14.8 Å². The van der Waals surface area contributed by atoms with Gasteiger partial charge in [0.15, 0.2) is 0 Å². The summed E-state index contributed by atoms with van der Waals surface area (Å²) in [5.41, 5.74) is 2.92. The van der Waals surface area contributed by atoms with Crippen LogP contribution in [0.3, 0.4) is 0 Å². The maximum atomic E-state index is 13.1. The summed E-state index contributed by atoms with van der Waals surface area (Å²) < 4.78 is 27.5. The Kier molecular flexibility index (Phi) is 5.90. The molecule has 1 amide bonds. The number of anilines is 1. The summed E-state index contributed by atoms with van der Waals surface area (Å²) in [5.74, 6) is -0.0876. The lowest BCUT2D eigenvalue weighted by Gasteiger charge is -2.31. The number of hydrogen-bond acceptors (Lipinski definition) is 4. The number of carbonyl (C=O) groups excluding carboxylic acids is 1. The Morgan fingerprint density at radius 2 is 1.93 bits per heavy atom. The highest BCUT2D eigenvalue weighted by Gasteiger charge is 2.35. The van der Waals surface area contributed by atoms with Crippen molar-refractivity contribution >= 4 is 21.6 Å². The minimum Gasteiger partial charge on any atom is -0.326 e. The summed E-state index contributed by atoms with van der Waals surface area (Å²) in [6, 6.07) is 7.79. The molecule has 0 spiro atoms. The van der Waals surface area contributed by atoms with E-state index in [1.807, 2.05) is 24.3 Å². The molecule has 8 heteroatoms. The van der Waals surface area contributed by atoms with Crippen LogP contribution in [0.5, 0.6) is 0 Å². The normalized spacial score (nSPS) is 18.4. The zero-order valence-electron chi connectivity index (χ0n) is 16.8. The molecule has 0 saturated carbocycles. The van der Waals surface area contributed by atoms with Gasteiger partial charge in [-0.2, -0.15) is 9.40 Å². The Morgan fingerprint density at radius 3 is 2.50 bits per heavy atom. The van der Waals surface area contributed by atoms with Crippen molar-refractivity contribution in [1.29, 1.82) is 0 Å². The van der Waals surface area contributed by atoms with E-state index in [4.69, 9.17) is 0 Å². The molecule has 1 aromatic carbocycles. The lowest BCUT2D eigenvalue weighted by Crippen LogP contribution is -2.43. The lowest BCUT2D eigenvalue weighted by atomic mass is 9.98. The summed E-state index contributed by atoms with van der Waals surface area (Å²) in [7, 11) is -3.67. The first-order valence-electron chi connectivity index (χ1n) is 9.62. The van der Waals surface area contributed by atoms with E-state index in [1.54, 1.807) is 13.8 Å². The quantitative estimate of drug-likeness (QED) is 0.800. The van der Waals surface area contributed by atoms with E-state index >= 15 is 0 Å². The third-order valence-electron chi connectivity index (χ3n) is 5.26. The molecule has 2 N–H and O–H groups in total. The average Bonchev–Trinajstić information content (AvgIpc) is 3.01. The minimum atomic E-state index is -3.67. The van der Waals surface area contributed by atoms with Gasteiger partial charge in [-0.25, -0.2) is 8.42 Å². The second kappa shape index (κ2) is 8.05. The van der Waals surface area contributed by atoms with Crippen molar-refractivity contribution in [1.82, 2.24) is 14.5 Å². The predicted octanol–water partition coefficient (Wildman–Crippen LogP) is 3.19. The molecule has 0 aliphatic carbocycles. The smallest absolute Gasteiger partial charge is 0.246 e. The molecule has 1 fully saturated rings. The molecule has 1 saturated heterocycles. The molecular weight excluding hydrogens is 376 g/mol. The first-order valence-corrected chi connectivity index (χ1v) is 11.1. The van der Waals surface area contributed by atoms with Crippen molar-refractivity contribution in [3.63, 3.8) is 0 Å². The van der Waals surface area contributed by atoms with E-state index in [9.17, 15) is 13.2 Å². The highest BCUT2D eigenvalue weighted by molar-refractivity contribution is 7.89. The number of nitrogens with one attached hydrogen (secondary N) is 2. The fourth-order valence-electron chi connectivity index (χ4n) is 3.62. The minimum absolute atomic E-state index is 0.141. The molecule has 7 nitrogen and oxygen atoms in total. The van der Waals surface area contributed by atoms with Gasteiger partial charge in [0, 0.05) is 18.8 Å². The summed E-state index contributed by atoms with van der Waals surface area (Å²) >= 11 is 0. The number of aryl methyl sites for hydroxylation is 2. The molecule has 0 bridgehead atoms. The molecule has 152 valence electrons. The summed E-state index contributed by atoms with van der Waals surface area (Å²) in [6.07, 6.45) is 1.32. The number of rotatable bonds is 5. The molecule has 1 aliphatic rings. The van der Waals surface area contributed by atoms with Gasteiger partial charge >= 0.3 is 0 Å². The van der Waals surface area contributed by atoms with E-state index in [0.29, 0.717) is 36.7 Å². The van der Waals surface area contributed by atoms with Gasteiger partial charge in [-0.15, -0.1) is 0 Å². The number of H-pyrrole nitrogens is 1. The monoisotopic (exact) mass is 404 g/mol. The van der Waals surface area contributed by atoms with E-state index < -0.39 is 10.0 Å². The van der Waals surface area contributed by atoms with Crippen LogP contribution in [0.25, 0.3) is 0 Å². The molecular formula is C20H28N4O3S. The molecule has 1 aromatic heterocycles. The predicted molar refractivity (Wildman–Crippen MR) is 109 cm³/mol. The summed E-state index contributed by atoms with van der Waals surface area (Å²) in [6.45, 7) is 8.21. The van der Waals surface area contributed by atoms with Crippen molar-refractivity contribution in [2.75, 3.05) is 18.4 Å². The number of carbonyl (C=O) groups is 1. The second-order valence-electron chi connectivity index (χ2n) is 7.73. The van der Waals surface area contributed by atoms with Crippen LogP contribution >= 0.6 is 0 Å². The number of piperidine rings is 1. The van der Waals surface area contributed by atoms with E-state index in [2.05, 4.69) is 29.4 Å². The average molecular weight is 405 g/mol. The summed E-state index contributed by atoms with van der Waals surface area (Å²) in [4.78, 5) is 12.9. The molecule has 2 heterocycles. The Bertz CT molecular complexity index is 929. The van der Waals surface area contributed by atoms with Gasteiger partial charge in [-0.3, -0.25) is 9.89 Å². The van der Waals surface area contributed by atoms with Crippen LogP contribution in [0.15, 0.2) is 29.2 Å². The fraction of sp³-hybridized carbons (Fsp3) is 0.500. The SMILES string of the molecule is Cc1n[nH]c(C)c1S(=O)(=O)N1CCC[C@H](C(=O)Nc2ccc(C(C)C)cc2)C1. The fourth-order valence-corrected chi connectivity index (χ4v) is 5.48. The number of aromatic nitrogens is 2. The van der Waals surface area contributed by atoms with Gasteiger partial charge in [0.1, 0.15) is 4.90 Å². The van der Waals surface area contributed by atoms with E-state index in [0.717, 1.165) is 5.69 Å². The van der Waals surface area contributed by atoms with Crippen LogP contribution in [0, 0.1) is 19.8 Å². The largest absolute Gasteiger partial charge is 0.326 e. The highest BCUT2D eigenvalue weighted by atomic mass is 32.2. The van der Waals surface area contributed by atoms with Crippen LogP contribution in [0.2, 0.25) is 0 Å². The zero-order valence-corrected chi connectivity index (χ0v) is 17.6. The van der Waals surface area contributed by atoms with Crippen molar-refractivity contribution in [2.45, 2.75) is 51.3 Å². The van der Waals surface area contributed by atoms with Crippen LogP contribution < -0.4 is 5.32 Å². The Labute approximate surface area is 166 Å². The molecule has 0 radical (unpaired) electrons. The van der Waals surface area contributed by atoms with Gasteiger partial charge in [0.25, 0.3) is 0 Å². The van der Waals surface area contributed by atoms with E-state index in [1.165, 1.54) is 9.87 Å². The number of aromatic amines is 1. The van der Waals surface area contributed by atoms with Crippen LogP contribution in [0.1, 0.15) is 49.6 Å². The Morgan fingerprint density at radius 1 is 1.25 bits per heavy atom. The van der Waals surface area contributed by atoms with Crippen molar-refractivity contribution < 1.29 is 13.2 Å². The Balaban J connectivity index is 1.71. The molecule has 28 heavy (non-hydrogen) atoms. The molecule has 3 rings (SSSR count). The highest BCUT2D eigenvalue weighted by Crippen LogP contribution is 2.27. The summed E-state index contributed by atoms with van der Waals surface area (Å²) in [5, 5.41) is 9.65. The maximum absolute atomic E-state index is 13.1. The third-order valence-corrected chi connectivity index (χ3v) is 7.39. The van der Waals surface area contributed by atoms with Gasteiger partial charge in [-0.1, -0.05) is 26.0 Å². The number of amides is 1. The van der Waals surface area contributed by atoms with Crippen molar-refractivity contribution in [3.05, 3.63) is 41.2 Å². The molecule has 1 atom stereocenters. The molecule has 2 aromatic rings. The lowest BCUT2D eigenvalue weighted by molar-refractivity contribution is -0.120. The van der Waals surface area contributed by atoms with E-state index in [-0.39, 0.29) is 23.3 Å². The number of nitrogens with zero attached hydrogens (tertiary/aromatic N) is 2. The first kappa shape index (κ1) is 20.5. The second-order valence-corrected chi connectivity index (χ2v) is 9.61. The third kappa shape index (κ3) is 4.12. The number of sulfonamides is 1. The standard InChI is InChI=1S/C20H28N4O3S/c1-13(2)16-7-9-18(10-8-16)21-20(25)17-6-5-11-24(12-17)28(26,27)19-14(3)22-23-15(19)4/h7-10,13,17H,5-6,11-12H2,1-4H3,(H,21,25)(H,22,23)/t17-/m0/s1. The zero-order chi connectivity index (χ0) is 20.5. The molecule has 1 aliphatic heterocycles. The topological polar surface area (TPSA) is 95.2 Å². The van der Waals surface area contributed by atoms with Crippen molar-refractivity contribution in [3.8, 4) is 0 Å². The molecule has 0 unspecified atom stereocenters. The number of benzene rings is 1. The Hall–Kier alpha value is -2.19. The van der Waals surface area contributed by atoms with Gasteiger partial charge in [-0.05, 0) is 50.3 Å². The van der Waals surface area contributed by atoms with Crippen LogP contribution in [0.4, 0.5) is 5.69 Å². The van der Waals surface area contributed by atoms with Gasteiger partial charge in [0.2, 0.25) is 15.9 Å². The van der Waals surface area contributed by atoms with Gasteiger partial charge < -0.3 is 5.32 Å². The van der Waals surface area contributed by atoms with Gasteiger partial charge in [0.05, 0.1) is 17.3 Å². The number of hydrogen-bond donors (Lipinski definition) is 2. The maximum Gasteiger partial charge on any atom is 0.246 e. The van der Waals surface area contributed by atoms with Crippen LogP contribution in [-0.4, -0.2) is 41.9 Å².